The Morgan fingerprint density at radius 1 is 0.977 bits per heavy atom. The number of aromatic nitrogens is 3. The van der Waals surface area contributed by atoms with Gasteiger partial charge in [-0.2, -0.15) is 0 Å². The van der Waals surface area contributed by atoms with Crippen molar-refractivity contribution in [1.82, 2.24) is 14.1 Å². The van der Waals surface area contributed by atoms with Crippen molar-refractivity contribution < 1.29 is 22.8 Å². The maximum absolute atomic E-state index is 14.0. The molecule has 0 radical (unpaired) electrons. The number of carbonyl (C=O) groups excluding carboxylic acids is 2. The van der Waals surface area contributed by atoms with Crippen LogP contribution in [0, 0.1) is 6.92 Å². The van der Waals surface area contributed by atoms with E-state index in [0.29, 0.717) is 27.1 Å². The van der Waals surface area contributed by atoms with E-state index in [9.17, 15) is 27.6 Å². The molecule has 15 heteroatoms. The standard InChI is InChI=1S/C28H27ClN6O7S/c1-17-12-13-19(43(40,41)31-21-10-6-5-9-20(21)29)16-22(17)30-25(36)24(34-27(38)32(2)35(42-3)28(34)39)26(37)33-15-14-18-8-4-7-11-23(18)33/h4-13,16,24,31H,14-15H2,1-3H3,(H,30,36). The van der Waals surface area contributed by atoms with Crippen LogP contribution in [0.1, 0.15) is 17.2 Å². The quantitative estimate of drug-likeness (QED) is 0.283. The predicted octanol–water partition coefficient (Wildman–Crippen LogP) is 1.94. The second kappa shape index (κ2) is 11.5. The number of nitrogens with zero attached hydrogens (tertiary/aromatic N) is 4. The van der Waals surface area contributed by atoms with Gasteiger partial charge in [-0.3, -0.25) is 14.3 Å². The van der Waals surface area contributed by atoms with E-state index < -0.39 is 39.3 Å². The first kappa shape index (κ1) is 29.7. The van der Waals surface area contributed by atoms with Crippen LogP contribution < -0.4 is 31.2 Å². The average Bonchev–Trinajstić information content (AvgIpc) is 3.50. The number of aryl methyl sites for hydroxylation is 1. The average molecular weight is 627 g/mol. The number of nitrogens with one attached hydrogen (secondary N) is 2. The molecule has 0 spiro atoms. The van der Waals surface area contributed by atoms with Crippen molar-refractivity contribution in [2.45, 2.75) is 24.3 Å². The summed E-state index contributed by atoms with van der Waals surface area (Å²) in [5.41, 5.74) is 0.0588. The molecule has 2 N–H and O–H groups in total. The van der Waals surface area contributed by atoms with Crippen LogP contribution >= 0.6 is 11.6 Å². The number of para-hydroxylation sites is 2. The normalized spacial score (nSPS) is 13.3. The van der Waals surface area contributed by atoms with Gasteiger partial charge in [-0.05, 0) is 54.8 Å². The van der Waals surface area contributed by atoms with Crippen LogP contribution in [0.2, 0.25) is 5.02 Å². The Hall–Kier alpha value is -4.82. The lowest BCUT2D eigenvalue weighted by atomic mass is 10.1. The Balaban J connectivity index is 1.54. The van der Waals surface area contributed by atoms with Crippen LogP contribution in [0.5, 0.6) is 0 Å². The van der Waals surface area contributed by atoms with Crippen molar-refractivity contribution in [3.8, 4) is 0 Å². The van der Waals surface area contributed by atoms with Gasteiger partial charge < -0.3 is 15.1 Å². The molecule has 2 amide bonds. The summed E-state index contributed by atoms with van der Waals surface area (Å²) < 4.78 is 30.1. The highest BCUT2D eigenvalue weighted by molar-refractivity contribution is 7.92. The van der Waals surface area contributed by atoms with Crippen molar-refractivity contribution in [3.05, 3.63) is 104 Å². The molecule has 0 saturated heterocycles. The summed E-state index contributed by atoms with van der Waals surface area (Å²) in [6.07, 6.45) is 0.514. The van der Waals surface area contributed by atoms with Gasteiger partial charge in [-0.25, -0.2) is 27.3 Å². The molecule has 4 aromatic rings. The van der Waals surface area contributed by atoms with Crippen molar-refractivity contribution >= 4 is 50.5 Å². The van der Waals surface area contributed by atoms with E-state index in [0.717, 1.165) is 17.4 Å². The smallest absolute Gasteiger partial charge is 0.382 e. The van der Waals surface area contributed by atoms with E-state index in [-0.39, 0.29) is 27.8 Å². The first-order chi connectivity index (χ1) is 20.4. The van der Waals surface area contributed by atoms with Gasteiger partial charge in [0, 0.05) is 25.0 Å². The van der Waals surface area contributed by atoms with Crippen LogP contribution in [-0.2, 0) is 33.1 Å². The second-order valence-corrected chi connectivity index (χ2v) is 11.8. The Morgan fingerprint density at radius 3 is 2.37 bits per heavy atom. The first-order valence-electron chi connectivity index (χ1n) is 13.0. The largest absolute Gasteiger partial charge is 0.397 e. The van der Waals surface area contributed by atoms with E-state index in [1.807, 2.05) is 12.1 Å². The lowest BCUT2D eigenvalue weighted by Gasteiger charge is -2.24. The first-order valence-corrected chi connectivity index (χ1v) is 14.8. The predicted molar refractivity (Wildman–Crippen MR) is 160 cm³/mol. The number of benzene rings is 3. The fourth-order valence-electron chi connectivity index (χ4n) is 4.86. The molecule has 0 aliphatic carbocycles. The van der Waals surface area contributed by atoms with E-state index in [1.165, 1.54) is 42.3 Å². The third-order valence-corrected chi connectivity index (χ3v) is 8.78. The van der Waals surface area contributed by atoms with E-state index in [4.69, 9.17) is 16.4 Å². The maximum Gasteiger partial charge on any atom is 0.382 e. The second-order valence-electron chi connectivity index (χ2n) is 9.74. The number of amides is 2. The fourth-order valence-corrected chi connectivity index (χ4v) is 6.21. The Morgan fingerprint density at radius 2 is 1.67 bits per heavy atom. The Kier molecular flexibility index (Phi) is 7.90. The molecule has 5 rings (SSSR count). The molecule has 3 aromatic carbocycles. The number of sulfonamides is 1. The van der Waals surface area contributed by atoms with Crippen LogP contribution in [-0.4, -0.2) is 48.0 Å². The summed E-state index contributed by atoms with van der Waals surface area (Å²) in [4.78, 5) is 61.0. The van der Waals surface area contributed by atoms with Gasteiger partial charge in [-0.15, -0.1) is 0 Å². The Labute approximate surface area is 250 Å². The fraction of sp³-hybridized carbons (Fsp3) is 0.214. The minimum Gasteiger partial charge on any atom is -0.397 e. The molecule has 0 saturated carbocycles. The molecular weight excluding hydrogens is 600 g/mol. The third kappa shape index (κ3) is 5.42. The molecule has 0 bridgehead atoms. The zero-order chi connectivity index (χ0) is 31.1. The lowest BCUT2D eigenvalue weighted by molar-refractivity contribution is -0.130. The number of fused-ring (bicyclic) bond motifs is 1. The monoisotopic (exact) mass is 626 g/mol. The molecule has 43 heavy (non-hydrogen) atoms. The van der Waals surface area contributed by atoms with Crippen molar-refractivity contribution in [1.29, 1.82) is 0 Å². The molecule has 1 aliphatic rings. The van der Waals surface area contributed by atoms with Gasteiger partial charge in [0.15, 0.2) is 0 Å². The van der Waals surface area contributed by atoms with Crippen molar-refractivity contribution in [3.63, 3.8) is 0 Å². The molecule has 1 aromatic heterocycles. The Bertz CT molecular complexity index is 1980. The topological polar surface area (TPSA) is 154 Å². The molecular formula is C28H27ClN6O7S. The van der Waals surface area contributed by atoms with Crippen LogP contribution in [0.25, 0.3) is 0 Å². The summed E-state index contributed by atoms with van der Waals surface area (Å²) in [6, 6.07) is 15.5. The molecule has 224 valence electrons. The number of carbonyl (C=O) groups is 2. The number of hydrogen-bond acceptors (Lipinski definition) is 7. The summed E-state index contributed by atoms with van der Waals surface area (Å²) in [7, 11) is -1.75. The van der Waals surface area contributed by atoms with Gasteiger partial charge >= 0.3 is 11.4 Å². The van der Waals surface area contributed by atoms with Crippen molar-refractivity contribution in [2.75, 3.05) is 28.6 Å². The van der Waals surface area contributed by atoms with Gasteiger partial charge in [0.05, 0.1) is 15.6 Å². The molecule has 1 atom stereocenters. The van der Waals surface area contributed by atoms with E-state index in [2.05, 4.69) is 10.0 Å². The summed E-state index contributed by atoms with van der Waals surface area (Å²) in [5, 5.41) is 2.75. The number of hydrogen-bond donors (Lipinski definition) is 2. The SMILES string of the molecule is COn1c(=O)n(C(C(=O)Nc2cc(S(=O)(=O)Nc3ccccc3Cl)ccc2C)C(=O)N2CCc3ccccc32)c(=O)n1C. The maximum atomic E-state index is 14.0. The van der Waals surface area contributed by atoms with Gasteiger partial charge in [0.1, 0.15) is 7.11 Å². The molecule has 1 unspecified atom stereocenters. The van der Waals surface area contributed by atoms with Gasteiger partial charge in [-0.1, -0.05) is 52.8 Å². The summed E-state index contributed by atoms with van der Waals surface area (Å²) in [5.74, 6) is -1.85. The number of halogens is 1. The van der Waals surface area contributed by atoms with Crippen molar-refractivity contribution in [2.24, 2.45) is 7.05 Å². The molecule has 0 fully saturated rings. The zero-order valence-corrected chi connectivity index (χ0v) is 24.8. The van der Waals surface area contributed by atoms with Crippen LogP contribution in [0.4, 0.5) is 17.1 Å². The minimum absolute atomic E-state index is 0.0442. The zero-order valence-electron chi connectivity index (χ0n) is 23.3. The minimum atomic E-state index is -4.15. The molecule has 13 nitrogen and oxygen atoms in total. The summed E-state index contributed by atoms with van der Waals surface area (Å²) in [6.45, 7) is 1.84. The number of rotatable bonds is 8. The third-order valence-electron chi connectivity index (χ3n) is 7.09. The van der Waals surface area contributed by atoms with Crippen LogP contribution in [0.3, 0.4) is 0 Å². The van der Waals surface area contributed by atoms with E-state index >= 15 is 0 Å². The molecule has 2 heterocycles. The van der Waals surface area contributed by atoms with E-state index in [1.54, 1.807) is 31.2 Å². The summed E-state index contributed by atoms with van der Waals surface area (Å²) >= 11 is 6.11. The highest BCUT2D eigenvalue weighted by atomic mass is 35.5. The van der Waals surface area contributed by atoms with Gasteiger partial charge in [0.2, 0.25) is 6.04 Å². The lowest BCUT2D eigenvalue weighted by Crippen LogP contribution is -2.48. The number of anilines is 3. The highest BCUT2D eigenvalue weighted by Crippen LogP contribution is 2.30. The van der Waals surface area contributed by atoms with Crippen LogP contribution in [0.15, 0.2) is 81.2 Å². The highest BCUT2D eigenvalue weighted by Gasteiger charge is 2.39. The van der Waals surface area contributed by atoms with Gasteiger partial charge in [0.25, 0.3) is 21.8 Å². The molecule has 1 aliphatic heterocycles.